The summed E-state index contributed by atoms with van der Waals surface area (Å²) in [4.78, 5) is 28.6. The minimum Gasteiger partial charge on any atom is -0.343 e. The lowest BCUT2D eigenvalue weighted by atomic mass is 9.96. The highest BCUT2D eigenvalue weighted by Gasteiger charge is 2.26. The van der Waals surface area contributed by atoms with Crippen LogP contribution in [-0.4, -0.2) is 45.0 Å². The van der Waals surface area contributed by atoms with Gasteiger partial charge in [-0.15, -0.1) is 0 Å². The van der Waals surface area contributed by atoms with E-state index in [4.69, 9.17) is 0 Å². The van der Waals surface area contributed by atoms with Crippen LogP contribution in [0.2, 0.25) is 0 Å². The van der Waals surface area contributed by atoms with E-state index < -0.39 is 0 Å². The van der Waals surface area contributed by atoms with Crippen molar-refractivity contribution >= 4 is 17.8 Å². The SMILES string of the molecule is CC(=O)N1CCC(C(=O)Nc2ncn[nH]2)CC1. The molecule has 1 saturated heterocycles. The van der Waals surface area contributed by atoms with Crippen molar-refractivity contribution < 1.29 is 9.59 Å². The Kier molecular flexibility index (Phi) is 3.36. The number of aromatic amines is 1. The number of anilines is 1. The van der Waals surface area contributed by atoms with Crippen molar-refractivity contribution in [2.45, 2.75) is 19.8 Å². The summed E-state index contributed by atoms with van der Waals surface area (Å²) in [6.45, 7) is 2.84. The zero-order chi connectivity index (χ0) is 12.3. The number of piperidine rings is 1. The summed E-state index contributed by atoms with van der Waals surface area (Å²) in [5, 5.41) is 8.89. The molecule has 0 saturated carbocycles. The van der Waals surface area contributed by atoms with Crippen LogP contribution in [0.1, 0.15) is 19.8 Å². The van der Waals surface area contributed by atoms with Gasteiger partial charge in [0.25, 0.3) is 0 Å². The number of hydrogen-bond acceptors (Lipinski definition) is 4. The molecular formula is C10H15N5O2. The molecule has 0 spiro atoms. The van der Waals surface area contributed by atoms with Gasteiger partial charge in [-0.1, -0.05) is 0 Å². The zero-order valence-electron chi connectivity index (χ0n) is 9.64. The van der Waals surface area contributed by atoms with Crippen LogP contribution >= 0.6 is 0 Å². The highest BCUT2D eigenvalue weighted by molar-refractivity contribution is 5.91. The summed E-state index contributed by atoms with van der Waals surface area (Å²) in [6.07, 6.45) is 2.73. The fourth-order valence-electron chi connectivity index (χ4n) is 1.94. The molecule has 2 N–H and O–H groups in total. The number of carbonyl (C=O) groups excluding carboxylic acids is 2. The van der Waals surface area contributed by atoms with E-state index in [-0.39, 0.29) is 17.7 Å². The Morgan fingerprint density at radius 1 is 1.47 bits per heavy atom. The molecule has 2 amide bonds. The van der Waals surface area contributed by atoms with E-state index >= 15 is 0 Å². The number of amides is 2. The molecule has 2 heterocycles. The highest BCUT2D eigenvalue weighted by Crippen LogP contribution is 2.18. The van der Waals surface area contributed by atoms with Gasteiger partial charge in [-0.25, -0.2) is 5.10 Å². The van der Waals surface area contributed by atoms with Gasteiger partial charge in [0.2, 0.25) is 17.8 Å². The summed E-state index contributed by atoms with van der Waals surface area (Å²) in [5.74, 6) is 0.309. The lowest BCUT2D eigenvalue weighted by Crippen LogP contribution is -2.40. The summed E-state index contributed by atoms with van der Waals surface area (Å²) >= 11 is 0. The molecule has 0 radical (unpaired) electrons. The van der Waals surface area contributed by atoms with Crippen LogP contribution in [0.4, 0.5) is 5.95 Å². The third-order valence-electron chi connectivity index (χ3n) is 2.97. The molecule has 2 rings (SSSR count). The van der Waals surface area contributed by atoms with Crippen LogP contribution in [0.25, 0.3) is 0 Å². The van der Waals surface area contributed by atoms with Gasteiger partial charge >= 0.3 is 0 Å². The average Bonchev–Trinajstić information content (AvgIpc) is 2.82. The van der Waals surface area contributed by atoms with E-state index in [1.54, 1.807) is 11.8 Å². The zero-order valence-corrected chi connectivity index (χ0v) is 9.64. The highest BCUT2D eigenvalue weighted by atomic mass is 16.2. The van der Waals surface area contributed by atoms with E-state index in [2.05, 4.69) is 20.5 Å². The molecule has 0 bridgehead atoms. The Bertz CT molecular complexity index is 395. The lowest BCUT2D eigenvalue weighted by molar-refractivity contribution is -0.132. The first-order valence-corrected chi connectivity index (χ1v) is 5.58. The van der Waals surface area contributed by atoms with E-state index in [0.717, 1.165) is 0 Å². The number of carbonyl (C=O) groups is 2. The fraction of sp³-hybridized carbons (Fsp3) is 0.600. The molecule has 7 heteroatoms. The molecule has 1 aromatic heterocycles. The second-order valence-corrected chi connectivity index (χ2v) is 4.10. The summed E-state index contributed by atoms with van der Waals surface area (Å²) in [6, 6.07) is 0. The molecule has 1 aliphatic rings. The van der Waals surface area contributed by atoms with Crippen LogP contribution in [0, 0.1) is 5.92 Å². The van der Waals surface area contributed by atoms with Crippen LogP contribution < -0.4 is 5.32 Å². The predicted octanol–water partition coefficient (Wildman–Crippen LogP) is 0.00170. The second kappa shape index (κ2) is 4.94. The number of aromatic nitrogens is 3. The third kappa shape index (κ3) is 2.80. The largest absolute Gasteiger partial charge is 0.343 e. The first-order chi connectivity index (χ1) is 8.16. The van der Waals surface area contributed by atoms with Gasteiger partial charge in [0.05, 0.1) is 0 Å². The lowest BCUT2D eigenvalue weighted by Gasteiger charge is -2.30. The monoisotopic (exact) mass is 237 g/mol. The molecule has 1 fully saturated rings. The first-order valence-electron chi connectivity index (χ1n) is 5.58. The number of nitrogens with zero attached hydrogens (tertiary/aromatic N) is 3. The van der Waals surface area contributed by atoms with Gasteiger partial charge in [0.15, 0.2) is 0 Å². The average molecular weight is 237 g/mol. The third-order valence-corrected chi connectivity index (χ3v) is 2.97. The molecule has 17 heavy (non-hydrogen) atoms. The van der Waals surface area contributed by atoms with Crippen LogP contribution in [0.3, 0.4) is 0 Å². The Balaban J connectivity index is 1.84. The summed E-state index contributed by atoms with van der Waals surface area (Å²) in [7, 11) is 0. The Morgan fingerprint density at radius 3 is 2.71 bits per heavy atom. The maximum Gasteiger partial charge on any atom is 0.229 e. The minimum absolute atomic E-state index is 0.0595. The van der Waals surface area contributed by atoms with Gasteiger partial charge in [-0.3, -0.25) is 14.9 Å². The maximum absolute atomic E-state index is 11.8. The van der Waals surface area contributed by atoms with Crippen LogP contribution in [-0.2, 0) is 9.59 Å². The van der Waals surface area contributed by atoms with Gasteiger partial charge < -0.3 is 4.90 Å². The fourth-order valence-corrected chi connectivity index (χ4v) is 1.94. The predicted molar refractivity (Wildman–Crippen MR) is 60.0 cm³/mol. The van der Waals surface area contributed by atoms with Crippen molar-refractivity contribution in [3.63, 3.8) is 0 Å². The Hall–Kier alpha value is -1.92. The number of hydrogen-bond donors (Lipinski definition) is 2. The van der Waals surface area contributed by atoms with Crippen molar-refractivity contribution in [1.82, 2.24) is 20.1 Å². The molecular weight excluding hydrogens is 222 g/mol. The molecule has 1 aliphatic heterocycles. The molecule has 7 nitrogen and oxygen atoms in total. The van der Waals surface area contributed by atoms with Gasteiger partial charge in [-0.05, 0) is 12.8 Å². The van der Waals surface area contributed by atoms with Crippen LogP contribution in [0.15, 0.2) is 6.33 Å². The molecule has 92 valence electrons. The first kappa shape index (κ1) is 11.6. The minimum atomic E-state index is -0.0649. The van der Waals surface area contributed by atoms with Gasteiger partial charge in [0.1, 0.15) is 6.33 Å². The Labute approximate surface area is 98.6 Å². The molecule has 0 unspecified atom stereocenters. The maximum atomic E-state index is 11.8. The number of nitrogens with one attached hydrogen (secondary N) is 2. The van der Waals surface area contributed by atoms with E-state index in [9.17, 15) is 9.59 Å². The van der Waals surface area contributed by atoms with Crippen molar-refractivity contribution in [3.8, 4) is 0 Å². The molecule has 0 aromatic carbocycles. The quantitative estimate of drug-likeness (QED) is 0.757. The molecule has 0 atom stereocenters. The van der Waals surface area contributed by atoms with E-state index in [1.807, 2.05) is 0 Å². The molecule has 1 aromatic rings. The van der Waals surface area contributed by atoms with E-state index in [1.165, 1.54) is 6.33 Å². The van der Waals surface area contributed by atoms with E-state index in [0.29, 0.717) is 31.9 Å². The van der Waals surface area contributed by atoms with Crippen LogP contribution in [0.5, 0.6) is 0 Å². The van der Waals surface area contributed by atoms with Gasteiger partial charge in [-0.2, -0.15) is 10.1 Å². The number of likely N-dealkylation sites (tertiary alicyclic amines) is 1. The summed E-state index contributed by atoms with van der Waals surface area (Å²) < 4.78 is 0. The molecule has 0 aliphatic carbocycles. The van der Waals surface area contributed by atoms with Crippen molar-refractivity contribution in [2.75, 3.05) is 18.4 Å². The topological polar surface area (TPSA) is 91.0 Å². The summed E-state index contributed by atoms with van der Waals surface area (Å²) in [5.41, 5.74) is 0. The number of H-pyrrole nitrogens is 1. The smallest absolute Gasteiger partial charge is 0.229 e. The Morgan fingerprint density at radius 2 is 2.18 bits per heavy atom. The van der Waals surface area contributed by atoms with Crippen molar-refractivity contribution in [3.05, 3.63) is 6.33 Å². The second-order valence-electron chi connectivity index (χ2n) is 4.10. The number of rotatable bonds is 2. The van der Waals surface area contributed by atoms with Gasteiger partial charge in [0, 0.05) is 25.9 Å². The van der Waals surface area contributed by atoms with Crippen molar-refractivity contribution in [2.24, 2.45) is 5.92 Å². The standard InChI is InChI=1S/C10H15N5O2/c1-7(16)15-4-2-8(3-5-15)9(17)13-10-11-6-12-14-10/h6,8H,2-5H2,1H3,(H2,11,12,13,14,17). The normalized spacial score (nSPS) is 16.9. The van der Waals surface area contributed by atoms with Crippen molar-refractivity contribution in [1.29, 1.82) is 0 Å².